The highest BCUT2D eigenvalue weighted by Crippen LogP contribution is 2.28. The number of amides is 1. The number of nitrogens with one attached hydrogen (secondary N) is 1. The van der Waals surface area contributed by atoms with E-state index in [1.54, 1.807) is 19.1 Å². The van der Waals surface area contributed by atoms with Gasteiger partial charge >= 0.3 is 0 Å². The average Bonchev–Trinajstić information content (AvgIpc) is 2.85. The maximum absolute atomic E-state index is 12.5. The molecular formula is C16H15N3O3S. The second kappa shape index (κ2) is 5.85. The first kappa shape index (κ1) is 15.2. The van der Waals surface area contributed by atoms with Crippen molar-refractivity contribution in [2.24, 2.45) is 0 Å². The van der Waals surface area contributed by atoms with E-state index < -0.39 is 0 Å². The minimum Gasteiger partial charge on any atom is -0.508 e. The molecule has 0 atom stereocenters. The lowest BCUT2D eigenvalue weighted by Gasteiger charge is -2.04. The normalized spacial score (nSPS) is 10.9. The molecule has 0 spiro atoms. The minimum atomic E-state index is -0.321. The first-order valence-corrected chi connectivity index (χ1v) is 7.91. The molecule has 0 aliphatic heterocycles. The van der Waals surface area contributed by atoms with Crippen LogP contribution in [0.5, 0.6) is 5.75 Å². The maximum atomic E-state index is 12.5. The van der Waals surface area contributed by atoms with Gasteiger partial charge < -0.3 is 10.4 Å². The highest BCUT2D eigenvalue weighted by atomic mass is 32.1. The molecule has 0 bridgehead atoms. The van der Waals surface area contributed by atoms with E-state index in [1.807, 2.05) is 6.92 Å². The van der Waals surface area contributed by atoms with Gasteiger partial charge in [0.1, 0.15) is 10.6 Å². The molecule has 6 nitrogen and oxygen atoms in total. The molecule has 0 saturated carbocycles. The van der Waals surface area contributed by atoms with E-state index in [1.165, 1.54) is 34.4 Å². The first-order chi connectivity index (χ1) is 11.0. The van der Waals surface area contributed by atoms with Gasteiger partial charge in [0, 0.05) is 18.3 Å². The third-order valence-electron chi connectivity index (χ3n) is 3.57. The van der Waals surface area contributed by atoms with Crippen molar-refractivity contribution in [3.8, 4) is 5.75 Å². The van der Waals surface area contributed by atoms with Crippen LogP contribution in [-0.4, -0.2) is 20.6 Å². The Kier molecular flexibility index (Phi) is 3.87. The molecule has 0 aliphatic carbocycles. The number of aryl methyl sites for hydroxylation is 2. The average molecular weight is 329 g/mol. The smallest absolute Gasteiger partial charge is 0.266 e. The molecule has 0 aliphatic rings. The third kappa shape index (κ3) is 2.70. The number of anilines is 1. The number of aromatic nitrogens is 2. The first-order valence-electron chi connectivity index (χ1n) is 7.10. The highest BCUT2D eigenvalue weighted by Gasteiger charge is 2.19. The van der Waals surface area contributed by atoms with Crippen molar-refractivity contribution in [1.82, 2.24) is 9.55 Å². The fourth-order valence-corrected chi connectivity index (χ4v) is 3.41. The molecule has 0 radical (unpaired) electrons. The number of hydrogen-bond donors (Lipinski definition) is 2. The number of rotatable bonds is 3. The lowest BCUT2D eigenvalue weighted by atomic mass is 10.2. The van der Waals surface area contributed by atoms with Crippen LogP contribution in [0.15, 0.2) is 35.4 Å². The molecule has 2 heterocycles. The molecule has 0 fully saturated rings. The number of hydrogen-bond acceptors (Lipinski definition) is 5. The summed E-state index contributed by atoms with van der Waals surface area (Å²) in [5.74, 6) is -0.248. The van der Waals surface area contributed by atoms with Gasteiger partial charge in [-0.3, -0.25) is 14.2 Å². The van der Waals surface area contributed by atoms with Crippen molar-refractivity contribution in [2.75, 3.05) is 5.32 Å². The van der Waals surface area contributed by atoms with Gasteiger partial charge in [0.25, 0.3) is 11.5 Å². The van der Waals surface area contributed by atoms with Crippen LogP contribution < -0.4 is 10.9 Å². The van der Waals surface area contributed by atoms with Gasteiger partial charge in [0.05, 0.1) is 16.6 Å². The van der Waals surface area contributed by atoms with Gasteiger partial charge in [-0.2, -0.15) is 0 Å². The van der Waals surface area contributed by atoms with Crippen molar-refractivity contribution < 1.29 is 9.90 Å². The van der Waals surface area contributed by atoms with Crippen molar-refractivity contribution in [3.63, 3.8) is 0 Å². The number of carbonyl (C=O) groups excluding carboxylic acids is 1. The Morgan fingerprint density at radius 1 is 1.43 bits per heavy atom. The zero-order chi connectivity index (χ0) is 16.6. The topological polar surface area (TPSA) is 84.2 Å². The molecule has 7 heteroatoms. The molecule has 118 valence electrons. The Bertz CT molecular complexity index is 959. The van der Waals surface area contributed by atoms with E-state index in [0.717, 1.165) is 0 Å². The van der Waals surface area contributed by atoms with Crippen LogP contribution in [-0.2, 0) is 6.54 Å². The number of phenolic OH excluding ortho intramolecular Hbond substituents is 1. The molecule has 3 aromatic rings. The summed E-state index contributed by atoms with van der Waals surface area (Å²) in [6.07, 6.45) is 1.50. The fraction of sp³-hybridized carbons (Fsp3) is 0.188. The molecule has 23 heavy (non-hydrogen) atoms. The van der Waals surface area contributed by atoms with Crippen LogP contribution >= 0.6 is 11.3 Å². The molecule has 0 saturated heterocycles. The zero-order valence-electron chi connectivity index (χ0n) is 12.7. The Balaban J connectivity index is 2.03. The SMILES string of the molecule is CCn1cnc2sc(C(=O)Nc3cccc(O)c3)c(C)c2c1=O. The van der Waals surface area contributed by atoms with Crippen LogP contribution in [0.25, 0.3) is 10.2 Å². The molecule has 1 aromatic carbocycles. The third-order valence-corrected chi connectivity index (χ3v) is 4.77. The van der Waals surface area contributed by atoms with E-state index in [0.29, 0.717) is 32.9 Å². The Labute approximate surface area is 136 Å². The van der Waals surface area contributed by atoms with Crippen LogP contribution in [0, 0.1) is 6.92 Å². The van der Waals surface area contributed by atoms with Crippen molar-refractivity contribution >= 4 is 33.1 Å². The second-order valence-corrected chi connectivity index (χ2v) is 6.08. The molecule has 2 aromatic heterocycles. The summed E-state index contributed by atoms with van der Waals surface area (Å²) in [4.78, 5) is 30.1. The molecule has 0 unspecified atom stereocenters. The Hall–Kier alpha value is -2.67. The predicted octanol–water partition coefficient (Wildman–Crippen LogP) is 2.74. The minimum absolute atomic E-state index is 0.0726. The number of phenols is 1. The Morgan fingerprint density at radius 2 is 2.22 bits per heavy atom. The zero-order valence-corrected chi connectivity index (χ0v) is 13.5. The summed E-state index contributed by atoms with van der Waals surface area (Å²) >= 11 is 1.19. The second-order valence-electron chi connectivity index (χ2n) is 5.08. The maximum Gasteiger partial charge on any atom is 0.266 e. The summed E-state index contributed by atoms with van der Waals surface area (Å²) in [6.45, 7) is 4.15. The number of nitrogens with zero attached hydrogens (tertiary/aromatic N) is 2. The summed E-state index contributed by atoms with van der Waals surface area (Å²) in [6, 6.07) is 6.31. The van der Waals surface area contributed by atoms with Gasteiger partial charge in [-0.05, 0) is 31.5 Å². The summed E-state index contributed by atoms with van der Waals surface area (Å²) < 4.78 is 1.51. The quantitative estimate of drug-likeness (QED) is 0.774. The van der Waals surface area contributed by atoms with Crippen molar-refractivity contribution in [1.29, 1.82) is 0 Å². The summed E-state index contributed by atoms with van der Waals surface area (Å²) in [5, 5.41) is 12.7. The van der Waals surface area contributed by atoms with Crippen LogP contribution in [0.4, 0.5) is 5.69 Å². The van der Waals surface area contributed by atoms with Gasteiger partial charge in [0.15, 0.2) is 0 Å². The lowest BCUT2D eigenvalue weighted by molar-refractivity contribution is 0.103. The van der Waals surface area contributed by atoms with E-state index in [-0.39, 0.29) is 17.2 Å². The van der Waals surface area contributed by atoms with Gasteiger partial charge in [-0.1, -0.05) is 6.07 Å². The number of thiophene rings is 1. The van der Waals surface area contributed by atoms with E-state index in [4.69, 9.17) is 0 Å². The predicted molar refractivity (Wildman–Crippen MR) is 90.4 cm³/mol. The largest absolute Gasteiger partial charge is 0.508 e. The van der Waals surface area contributed by atoms with E-state index >= 15 is 0 Å². The van der Waals surface area contributed by atoms with E-state index in [2.05, 4.69) is 10.3 Å². The highest BCUT2D eigenvalue weighted by molar-refractivity contribution is 7.20. The van der Waals surface area contributed by atoms with Crippen LogP contribution in [0.1, 0.15) is 22.2 Å². The number of aromatic hydroxyl groups is 1. The van der Waals surface area contributed by atoms with Crippen LogP contribution in [0.2, 0.25) is 0 Å². The van der Waals surface area contributed by atoms with Crippen LogP contribution in [0.3, 0.4) is 0 Å². The van der Waals surface area contributed by atoms with Gasteiger partial charge in [0.2, 0.25) is 0 Å². The molecular weight excluding hydrogens is 314 g/mol. The standard InChI is InChI=1S/C16H15N3O3S/c1-3-19-8-17-15-12(16(19)22)9(2)13(23-15)14(21)18-10-5-4-6-11(20)7-10/h4-8,20H,3H2,1-2H3,(H,18,21). The summed E-state index contributed by atoms with van der Waals surface area (Å²) in [5.41, 5.74) is 0.983. The molecule has 2 N–H and O–H groups in total. The van der Waals surface area contributed by atoms with E-state index in [9.17, 15) is 14.7 Å². The number of fused-ring (bicyclic) bond motifs is 1. The number of carbonyl (C=O) groups is 1. The Morgan fingerprint density at radius 3 is 2.91 bits per heavy atom. The van der Waals surface area contributed by atoms with Gasteiger partial charge in [-0.25, -0.2) is 4.98 Å². The van der Waals surface area contributed by atoms with Crippen molar-refractivity contribution in [2.45, 2.75) is 20.4 Å². The number of benzene rings is 1. The van der Waals surface area contributed by atoms with Gasteiger partial charge in [-0.15, -0.1) is 11.3 Å². The fourth-order valence-electron chi connectivity index (χ4n) is 2.37. The molecule has 1 amide bonds. The van der Waals surface area contributed by atoms with Crippen molar-refractivity contribution in [3.05, 3.63) is 51.4 Å². The monoisotopic (exact) mass is 329 g/mol. The molecule has 3 rings (SSSR count). The lowest BCUT2D eigenvalue weighted by Crippen LogP contribution is -2.19. The summed E-state index contributed by atoms with van der Waals surface area (Å²) in [7, 11) is 0.